The van der Waals surface area contributed by atoms with Crippen molar-refractivity contribution in [3.63, 3.8) is 0 Å². The first-order valence-corrected chi connectivity index (χ1v) is 9.36. The van der Waals surface area contributed by atoms with E-state index in [1.807, 2.05) is 20.8 Å². The summed E-state index contributed by atoms with van der Waals surface area (Å²) in [4.78, 5) is 11.5. The Morgan fingerprint density at radius 1 is 0.783 bits per heavy atom. The minimum Gasteiger partial charge on any atom is -0.460 e. The molecule has 0 aromatic rings. The largest absolute Gasteiger partial charge is 0.460 e. The Labute approximate surface area is 142 Å². The van der Waals surface area contributed by atoms with Gasteiger partial charge in [-0.05, 0) is 46.5 Å². The SMILES string of the molecule is CC(C)(C)OC(=O)CCCCCCCCOCCCCCCO. The Kier molecular flexibility index (Phi) is 14.6. The molecular weight excluding hydrogens is 292 g/mol. The topological polar surface area (TPSA) is 55.8 Å². The summed E-state index contributed by atoms with van der Waals surface area (Å²) in [7, 11) is 0. The zero-order valence-electron chi connectivity index (χ0n) is 15.6. The van der Waals surface area contributed by atoms with Crippen molar-refractivity contribution in [1.29, 1.82) is 0 Å². The molecule has 0 bridgehead atoms. The molecule has 0 atom stereocenters. The molecule has 0 radical (unpaired) electrons. The fraction of sp³-hybridized carbons (Fsp3) is 0.947. The van der Waals surface area contributed by atoms with Gasteiger partial charge in [0, 0.05) is 26.2 Å². The third-order valence-electron chi connectivity index (χ3n) is 3.54. The van der Waals surface area contributed by atoms with E-state index in [9.17, 15) is 4.79 Å². The maximum atomic E-state index is 11.5. The van der Waals surface area contributed by atoms with Crippen LogP contribution < -0.4 is 0 Å². The van der Waals surface area contributed by atoms with Crippen LogP contribution >= 0.6 is 0 Å². The van der Waals surface area contributed by atoms with E-state index in [-0.39, 0.29) is 11.6 Å². The zero-order valence-corrected chi connectivity index (χ0v) is 15.6. The number of unbranched alkanes of at least 4 members (excludes halogenated alkanes) is 8. The van der Waals surface area contributed by atoms with Gasteiger partial charge in [-0.15, -0.1) is 0 Å². The molecule has 0 aliphatic carbocycles. The molecular formula is C19H38O4. The lowest BCUT2D eigenvalue weighted by Crippen LogP contribution is -2.23. The molecule has 0 rings (SSSR count). The van der Waals surface area contributed by atoms with Crippen LogP contribution in [0.4, 0.5) is 0 Å². The lowest BCUT2D eigenvalue weighted by Gasteiger charge is -2.19. The van der Waals surface area contributed by atoms with Crippen molar-refractivity contribution < 1.29 is 19.4 Å². The molecule has 0 heterocycles. The Bertz CT molecular complexity index is 271. The highest BCUT2D eigenvalue weighted by molar-refractivity contribution is 5.69. The molecule has 138 valence electrons. The van der Waals surface area contributed by atoms with Gasteiger partial charge in [0.1, 0.15) is 5.60 Å². The Morgan fingerprint density at radius 3 is 1.78 bits per heavy atom. The fourth-order valence-electron chi connectivity index (χ4n) is 2.34. The molecule has 0 aliphatic rings. The molecule has 23 heavy (non-hydrogen) atoms. The number of ether oxygens (including phenoxy) is 2. The molecule has 4 nitrogen and oxygen atoms in total. The van der Waals surface area contributed by atoms with Crippen molar-refractivity contribution in [3.8, 4) is 0 Å². The second-order valence-electron chi connectivity index (χ2n) is 7.21. The minimum absolute atomic E-state index is 0.0788. The molecule has 0 saturated heterocycles. The van der Waals surface area contributed by atoms with Gasteiger partial charge in [-0.2, -0.15) is 0 Å². The quantitative estimate of drug-likeness (QED) is 0.351. The van der Waals surface area contributed by atoms with E-state index in [0.29, 0.717) is 13.0 Å². The summed E-state index contributed by atoms with van der Waals surface area (Å²) in [6.07, 6.45) is 11.6. The zero-order chi connectivity index (χ0) is 17.4. The average molecular weight is 331 g/mol. The third kappa shape index (κ3) is 19.3. The van der Waals surface area contributed by atoms with Gasteiger partial charge >= 0.3 is 5.97 Å². The average Bonchev–Trinajstić information content (AvgIpc) is 2.46. The first kappa shape index (κ1) is 22.4. The van der Waals surface area contributed by atoms with Gasteiger partial charge in [-0.1, -0.05) is 38.5 Å². The molecule has 0 aromatic heterocycles. The lowest BCUT2D eigenvalue weighted by atomic mass is 10.1. The number of esters is 1. The monoisotopic (exact) mass is 330 g/mol. The maximum Gasteiger partial charge on any atom is 0.306 e. The van der Waals surface area contributed by atoms with Crippen LogP contribution in [0.5, 0.6) is 0 Å². The first-order chi connectivity index (χ1) is 11.0. The Morgan fingerprint density at radius 2 is 1.26 bits per heavy atom. The van der Waals surface area contributed by atoms with E-state index in [0.717, 1.165) is 58.2 Å². The summed E-state index contributed by atoms with van der Waals surface area (Å²) in [6.45, 7) is 7.73. The number of rotatable bonds is 15. The van der Waals surface area contributed by atoms with Gasteiger partial charge in [0.15, 0.2) is 0 Å². The summed E-state index contributed by atoms with van der Waals surface area (Å²) >= 11 is 0. The van der Waals surface area contributed by atoms with Gasteiger partial charge in [-0.25, -0.2) is 0 Å². The second kappa shape index (κ2) is 14.9. The smallest absolute Gasteiger partial charge is 0.306 e. The highest BCUT2D eigenvalue weighted by Gasteiger charge is 2.15. The maximum absolute atomic E-state index is 11.5. The van der Waals surface area contributed by atoms with Crippen molar-refractivity contribution in [2.75, 3.05) is 19.8 Å². The molecule has 4 heteroatoms. The standard InChI is InChI=1S/C19H38O4/c1-19(2,3)23-18(21)14-10-6-4-5-8-12-16-22-17-13-9-7-11-15-20/h20H,4-17H2,1-3H3. The molecule has 1 N–H and O–H groups in total. The molecule has 0 aromatic carbocycles. The molecule has 0 spiro atoms. The van der Waals surface area contributed by atoms with Crippen LogP contribution in [0.1, 0.15) is 91.4 Å². The van der Waals surface area contributed by atoms with Gasteiger partial charge in [0.25, 0.3) is 0 Å². The van der Waals surface area contributed by atoms with Gasteiger partial charge in [0.2, 0.25) is 0 Å². The summed E-state index contributed by atoms with van der Waals surface area (Å²) in [6, 6.07) is 0. The van der Waals surface area contributed by atoms with E-state index in [2.05, 4.69) is 0 Å². The van der Waals surface area contributed by atoms with Crippen LogP contribution in [0.15, 0.2) is 0 Å². The van der Waals surface area contributed by atoms with Crippen molar-refractivity contribution in [1.82, 2.24) is 0 Å². The molecule has 0 amide bonds. The molecule has 0 aliphatic heterocycles. The van der Waals surface area contributed by atoms with Crippen molar-refractivity contribution in [2.24, 2.45) is 0 Å². The predicted octanol–water partition coefficient (Wildman–Crippen LogP) is 4.63. The molecule has 0 fully saturated rings. The first-order valence-electron chi connectivity index (χ1n) is 9.36. The van der Waals surface area contributed by atoms with Crippen molar-refractivity contribution in [3.05, 3.63) is 0 Å². The summed E-state index contributed by atoms with van der Waals surface area (Å²) < 4.78 is 10.9. The van der Waals surface area contributed by atoms with E-state index >= 15 is 0 Å². The molecule has 0 saturated carbocycles. The van der Waals surface area contributed by atoms with Crippen LogP contribution in [0.25, 0.3) is 0 Å². The van der Waals surface area contributed by atoms with Gasteiger partial charge in [-0.3, -0.25) is 4.79 Å². The van der Waals surface area contributed by atoms with Crippen LogP contribution in [-0.4, -0.2) is 36.5 Å². The normalized spacial score (nSPS) is 11.7. The van der Waals surface area contributed by atoms with Crippen LogP contribution in [0, 0.1) is 0 Å². The summed E-state index contributed by atoms with van der Waals surface area (Å²) in [5.41, 5.74) is -0.365. The van der Waals surface area contributed by atoms with E-state index in [1.54, 1.807) is 0 Å². The number of aliphatic hydroxyl groups is 1. The van der Waals surface area contributed by atoms with Gasteiger partial charge < -0.3 is 14.6 Å². The highest BCUT2D eigenvalue weighted by Crippen LogP contribution is 2.12. The minimum atomic E-state index is -0.365. The van der Waals surface area contributed by atoms with Crippen LogP contribution in [-0.2, 0) is 14.3 Å². The van der Waals surface area contributed by atoms with E-state index in [4.69, 9.17) is 14.6 Å². The van der Waals surface area contributed by atoms with E-state index < -0.39 is 0 Å². The van der Waals surface area contributed by atoms with E-state index in [1.165, 1.54) is 19.3 Å². The number of hydrogen-bond donors (Lipinski definition) is 1. The highest BCUT2D eigenvalue weighted by atomic mass is 16.6. The van der Waals surface area contributed by atoms with Crippen LogP contribution in [0.2, 0.25) is 0 Å². The summed E-state index contributed by atoms with van der Waals surface area (Å²) in [5, 5.41) is 8.66. The Balaban J connectivity index is 3.15. The van der Waals surface area contributed by atoms with Crippen LogP contribution in [0.3, 0.4) is 0 Å². The van der Waals surface area contributed by atoms with Gasteiger partial charge in [0.05, 0.1) is 0 Å². The third-order valence-corrected chi connectivity index (χ3v) is 3.54. The number of carbonyl (C=O) groups excluding carboxylic acids is 1. The number of carbonyl (C=O) groups is 1. The van der Waals surface area contributed by atoms with Crippen molar-refractivity contribution in [2.45, 2.75) is 97.0 Å². The summed E-state index contributed by atoms with van der Waals surface area (Å²) in [5.74, 6) is -0.0788. The lowest BCUT2D eigenvalue weighted by molar-refractivity contribution is -0.154. The Hall–Kier alpha value is -0.610. The fourth-order valence-corrected chi connectivity index (χ4v) is 2.34. The van der Waals surface area contributed by atoms with Crippen molar-refractivity contribution >= 4 is 5.97 Å². The number of hydrogen-bond acceptors (Lipinski definition) is 4. The second-order valence-corrected chi connectivity index (χ2v) is 7.21. The number of aliphatic hydroxyl groups excluding tert-OH is 1. The molecule has 0 unspecified atom stereocenters. The predicted molar refractivity (Wildman–Crippen MR) is 94.5 cm³/mol.